The van der Waals surface area contributed by atoms with Gasteiger partial charge in [0.25, 0.3) is 0 Å². The van der Waals surface area contributed by atoms with Gasteiger partial charge in [-0.05, 0) is 0 Å². The zero-order valence-electron chi connectivity index (χ0n) is 9.87. The van der Waals surface area contributed by atoms with E-state index in [9.17, 15) is 4.79 Å². The van der Waals surface area contributed by atoms with Crippen LogP contribution in [-0.4, -0.2) is 27.2 Å². The molecule has 0 fully saturated rings. The predicted molar refractivity (Wildman–Crippen MR) is 77.6 cm³/mol. The van der Waals surface area contributed by atoms with Crippen molar-refractivity contribution in [1.29, 1.82) is 0 Å². The quantitative estimate of drug-likeness (QED) is 0.363. The monoisotopic (exact) mass is 312 g/mol. The van der Waals surface area contributed by atoms with Crippen LogP contribution in [0.3, 0.4) is 0 Å². The summed E-state index contributed by atoms with van der Waals surface area (Å²) in [5.74, 6) is -0.888. The SMILES string of the molecule is Nc1nc(N)c(C(=O)N=CNNc2nccs2)nc1Cl. The molecule has 0 unspecified atom stereocenters. The lowest BCUT2D eigenvalue weighted by Crippen LogP contribution is -2.20. The number of aliphatic imine (C=N–C) groups is 1. The van der Waals surface area contributed by atoms with Crippen molar-refractivity contribution >= 4 is 52.0 Å². The summed E-state index contributed by atoms with van der Waals surface area (Å²) < 4.78 is 0. The van der Waals surface area contributed by atoms with Crippen LogP contribution < -0.4 is 22.3 Å². The van der Waals surface area contributed by atoms with Crippen molar-refractivity contribution in [3.05, 3.63) is 22.4 Å². The second-order valence-corrected chi connectivity index (χ2v) is 4.56. The van der Waals surface area contributed by atoms with Gasteiger partial charge in [0.15, 0.2) is 22.5 Å². The van der Waals surface area contributed by atoms with Gasteiger partial charge < -0.3 is 11.5 Å². The van der Waals surface area contributed by atoms with Gasteiger partial charge in [0.2, 0.25) is 5.13 Å². The fourth-order valence-corrected chi connectivity index (χ4v) is 1.75. The lowest BCUT2D eigenvalue weighted by atomic mass is 10.4. The number of anilines is 3. The van der Waals surface area contributed by atoms with Gasteiger partial charge in [0.05, 0.1) is 0 Å². The van der Waals surface area contributed by atoms with E-state index in [4.69, 9.17) is 23.1 Å². The van der Waals surface area contributed by atoms with Crippen molar-refractivity contribution in [2.75, 3.05) is 16.9 Å². The smallest absolute Gasteiger partial charge is 0.300 e. The van der Waals surface area contributed by atoms with E-state index in [2.05, 4.69) is 30.8 Å². The molecule has 6 N–H and O–H groups in total. The first-order chi connectivity index (χ1) is 9.58. The third-order valence-electron chi connectivity index (χ3n) is 1.97. The minimum absolute atomic E-state index is 0.0479. The fraction of sp³-hybridized carbons (Fsp3) is 0. The topological polar surface area (TPSA) is 144 Å². The first-order valence-corrected chi connectivity index (χ1v) is 6.40. The Morgan fingerprint density at radius 1 is 1.40 bits per heavy atom. The number of carbonyl (C=O) groups excluding carboxylic acids is 1. The molecule has 11 heteroatoms. The molecule has 2 aromatic rings. The van der Waals surface area contributed by atoms with Crippen molar-refractivity contribution in [1.82, 2.24) is 20.4 Å². The van der Waals surface area contributed by atoms with E-state index in [0.717, 1.165) is 6.34 Å². The Labute approximate surface area is 122 Å². The summed E-state index contributed by atoms with van der Waals surface area (Å²) in [6, 6.07) is 0. The highest BCUT2D eigenvalue weighted by Crippen LogP contribution is 2.17. The molecule has 0 saturated carbocycles. The number of hydrazine groups is 1. The number of thiazole rings is 1. The van der Waals surface area contributed by atoms with Crippen LogP contribution in [0.15, 0.2) is 16.6 Å². The van der Waals surface area contributed by atoms with Crippen LogP contribution >= 0.6 is 22.9 Å². The Balaban J connectivity index is 1.99. The highest BCUT2D eigenvalue weighted by molar-refractivity contribution is 7.13. The average molecular weight is 313 g/mol. The van der Waals surface area contributed by atoms with E-state index in [0.29, 0.717) is 5.13 Å². The van der Waals surface area contributed by atoms with E-state index in [-0.39, 0.29) is 22.5 Å². The lowest BCUT2D eigenvalue weighted by molar-refractivity contribution is 0.0999. The third kappa shape index (κ3) is 3.30. The molecule has 2 rings (SSSR count). The first kappa shape index (κ1) is 14.0. The van der Waals surface area contributed by atoms with Crippen LogP contribution in [0.1, 0.15) is 10.5 Å². The summed E-state index contributed by atoms with van der Waals surface area (Å²) in [6.45, 7) is 0. The molecule has 0 radical (unpaired) electrons. The molecule has 2 heterocycles. The van der Waals surface area contributed by atoms with Gasteiger partial charge in [-0.25, -0.2) is 15.0 Å². The van der Waals surface area contributed by atoms with Gasteiger partial charge in [-0.1, -0.05) is 11.6 Å². The van der Waals surface area contributed by atoms with Crippen molar-refractivity contribution in [2.45, 2.75) is 0 Å². The Hall–Kier alpha value is -2.46. The molecule has 0 aliphatic heterocycles. The summed E-state index contributed by atoms with van der Waals surface area (Å²) in [6.07, 6.45) is 2.76. The van der Waals surface area contributed by atoms with Crippen molar-refractivity contribution in [3.63, 3.8) is 0 Å². The van der Waals surface area contributed by atoms with Gasteiger partial charge in [0.1, 0.15) is 6.34 Å². The number of hydrogen-bond acceptors (Lipinski definition) is 8. The molecule has 9 nitrogen and oxygen atoms in total. The summed E-state index contributed by atoms with van der Waals surface area (Å²) in [7, 11) is 0. The zero-order valence-corrected chi connectivity index (χ0v) is 11.4. The number of rotatable bonds is 4. The highest BCUT2D eigenvalue weighted by atomic mass is 35.5. The standard InChI is InChI=1S/C9H9ClN8OS/c10-5-7(12)17-6(11)4(16-5)8(19)14-3-15-18-9-13-1-2-20-9/h1-3H,(H,13,18)(H4,11,12,17)(H,14,15,19). The van der Waals surface area contributed by atoms with Crippen molar-refractivity contribution < 1.29 is 4.79 Å². The van der Waals surface area contributed by atoms with E-state index in [1.165, 1.54) is 11.3 Å². The van der Waals surface area contributed by atoms with E-state index in [1.54, 1.807) is 11.6 Å². The number of amides is 1. The number of nitrogens with zero attached hydrogens (tertiary/aromatic N) is 4. The highest BCUT2D eigenvalue weighted by Gasteiger charge is 2.14. The van der Waals surface area contributed by atoms with Gasteiger partial charge in [-0.3, -0.25) is 15.6 Å². The molecule has 2 aromatic heterocycles. The number of hydrogen-bond donors (Lipinski definition) is 4. The maximum atomic E-state index is 11.7. The molecule has 0 spiro atoms. The minimum Gasteiger partial charge on any atom is -0.382 e. The Morgan fingerprint density at radius 2 is 2.20 bits per heavy atom. The van der Waals surface area contributed by atoms with Crippen LogP contribution in [0, 0.1) is 0 Å². The summed E-state index contributed by atoms with van der Waals surface area (Å²) >= 11 is 7.04. The maximum Gasteiger partial charge on any atom is 0.300 e. The van der Waals surface area contributed by atoms with Crippen molar-refractivity contribution in [2.24, 2.45) is 4.99 Å². The first-order valence-electron chi connectivity index (χ1n) is 5.14. The second kappa shape index (κ2) is 6.12. The molecule has 0 aliphatic carbocycles. The molecule has 104 valence electrons. The maximum absolute atomic E-state index is 11.7. The number of nitrogens with two attached hydrogens (primary N) is 2. The van der Waals surface area contributed by atoms with Crippen LogP contribution in [0.25, 0.3) is 0 Å². The van der Waals surface area contributed by atoms with Gasteiger partial charge in [-0.2, -0.15) is 4.99 Å². The van der Waals surface area contributed by atoms with E-state index < -0.39 is 5.91 Å². The lowest BCUT2D eigenvalue weighted by Gasteiger charge is -2.03. The molecule has 0 bridgehead atoms. The normalized spacial score (nSPS) is 10.7. The molecular formula is C9H9ClN8OS. The summed E-state index contributed by atoms with van der Waals surface area (Å²) in [5.41, 5.74) is 16.0. The number of nitrogens with one attached hydrogen (secondary N) is 2. The summed E-state index contributed by atoms with van der Waals surface area (Å²) in [4.78, 5) is 26.7. The number of nitrogen functional groups attached to an aromatic ring is 2. The molecule has 0 aromatic carbocycles. The van der Waals surface area contributed by atoms with Crippen molar-refractivity contribution in [3.8, 4) is 0 Å². The second-order valence-electron chi connectivity index (χ2n) is 3.30. The average Bonchev–Trinajstić information content (AvgIpc) is 2.92. The fourth-order valence-electron chi connectivity index (χ4n) is 1.13. The zero-order chi connectivity index (χ0) is 14.5. The summed E-state index contributed by atoms with van der Waals surface area (Å²) in [5, 5.41) is 2.31. The number of carbonyl (C=O) groups is 1. The third-order valence-corrected chi connectivity index (χ3v) is 2.93. The van der Waals surface area contributed by atoms with Crippen LogP contribution in [0.5, 0.6) is 0 Å². The number of aromatic nitrogens is 3. The number of halogens is 1. The Bertz CT molecular complexity index is 644. The molecule has 0 aliphatic rings. The molecule has 1 amide bonds. The van der Waals surface area contributed by atoms with E-state index >= 15 is 0 Å². The van der Waals surface area contributed by atoms with E-state index in [1.807, 2.05) is 0 Å². The van der Waals surface area contributed by atoms with Crippen LogP contribution in [0.2, 0.25) is 5.15 Å². The van der Waals surface area contributed by atoms with Gasteiger partial charge >= 0.3 is 5.91 Å². The predicted octanol–water partition coefficient (Wildman–Crippen LogP) is 0.536. The molecule has 20 heavy (non-hydrogen) atoms. The van der Waals surface area contributed by atoms with Gasteiger partial charge in [-0.15, -0.1) is 11.3 Å². The van der Waals surface area contributed by atoms with Crippen LogP contribution in [-0.2, 0) is 0 Å². The van der Waals surface area contributed by atoms with Crippen LogP contribution in [0.4, 0.5) is 16.8 Å². The largest absolute Gasteiger partial charge is 0.382 e. The molecule has 0 saturated heterocycles. The molecular weight excluding hydrogens is 304 g/mol. The Kier molecular flexibility index (Phi) is 4.27. The Morgan fingerprint density at radius 3 is 2.90 bits per heavy atom. The minimum atomic E-state index is -0.703. The van der Waals surface area contributed by atoms with Gasteiger partial charge in [0, 0.05) is 11.6 Å². The molecule has 0 atom stereocenters.